The summed E-state index contributed by atoms with van der Waals surface area (Å²) < 4.78 is 4.33. The molecular weight excluding hydrogens is 346 g/mol. The molecular formula is C24H26N3O+. The number of benzene rings is 2. The fourth-order valence-electron chi connectivity index (χ4n) is 3.98. The minimum Gasteiger partial charge on any atom is -0.341 e. The van der Waals surface area contributed by atoms with E-state index < -0.39 is 0 Å². The van der Waals surface area contributed by atoms with E-state index in [4.69, 9.17) is 0 Å². The molecule has 0 radical (unpaired) electrons. The molecule has 0 unspecified atom stereocenters. The highest BCUT2D eigenvalue weighted by atomic mass is 16.2. The molecule has 0 aliphatic carbocycles. The molecule has 1 amide bonds. The zero-order valence-corrected chi connectivity index (χ0v) is 16.9. The molecule has 1 atom stereocenters. The fraction of sp³-hybridized carbons (Fsp3) is 0.250. The van der Waals surface area contributed by atoms with Crippen molar-refractivity contribution in [3.63, 3.8) is 0 Å². The number of carbonyl (C=O) groups excluding carboxylic acids is 1. The second-order valence-electron chi connectivity index (χ2n) is 7.34. The van der Waals surface area contributed by atoms with Crippen LogP contribution in [0, 0.1) is 13.8 Å². The molecule has 1 N–H and O–H groups in total. The minimum atomic E-state index is -0.285. The van der Waals surface area contributed by atoms with Gasteiger partial charge in [0.15, 0.2) is 11.9 Å². The first-order valence-electron chi connectivity index (χ1n) is 9.80. The monoisotopic (exact) mass is 372 g/mol. The van der Waals surface area contributed by atoms with E-state index in [-0.39, 0.29) is 11.9 Å². The van der Waals surface area contributed by atoms with E-state index >= 15 is 0 Å². The maximum Gasteiger partial charge on any atom is 0.293 e. The Bertz CT molecular complexity index is 1190. The number of aryl methyl sites for hydroxylation is 2. The highest BCUT2D eigenvalue weighted by molar-refractivity contribution is 6.09. The highest BCUT2D eigenvalue weighted by Gasteiger charge is 2.25. The molecule has 0 fully saturated rings. The standard InChI is InChI=1S/C24H25N3O/c1-5-26-22-11-7-6-10-20(22)21-15-19(12-13-23(21)26)25-24(28)18(4)27-14-8-9-16(2)17(27)3/h6-15,18H,5H2,1-4H3/p+1/t18-/m1/s1. The SMILES string of the molecule is CCn1c2ccccc2c2cc(NC(=O)[C@@H](C)[n+]3cccc(C)c3C)ccc21. The number of carbonyl (C=O) groups is 1. The van der Waals surface area contributed by atoms with Gasteiger partial charge in [-0.1, -0.05) is 18.2 Å². The van der Waals surface area contributed by atoms with Gasteiger partial charge in [-0.15, -0.1) is 0 Å². The minimum absolute atomic E-state index is 0.0164. The molecule has 4 nitrogen and oxygen atoms in total. The lowest BCUT2D eigenvalue weighted by Crippen LogP contribution is -2.47. The van der Waals surface area contributed by atoms with Crippen LogP contribution in [0.2, 0.25) is 0 Å². The molecule has 0 spiro atoms. The molecule has 4 rings (SSSR count). The van der Waals surface area contributed by atoms with Crippen LogP contribution in [0.3, 0.4) is 0 Å². The van der Waals surface area contributed by atoms with Crippen molar-refractivity contribution < 1.29 is 9.36 Å². The highest BCUT2D eigenvalue weighted by Crippen LogP contribution is 2.31. The van der Waals surface area contributed by atoms with Crippen molar-refractivity contribution in [3.05, 3.63) is 72.1 Å². The number of rotatable bonds is 4. The third-order valence-corrected chi connectivity index (χ3v) is 5.70. The average molecular weight is 372 g/mol. The topological polar surface area (TPSA) is 37.9 Å². The lowest BCUT2D eigenvalue weighted by molar-refractivity contribution is -0.711. The zero-order chi connectivity index (χ0) is 19.8. The summed E-state index contributed by atoms with van der Waals surface area (Å²) in [6.07, 6.45) is 1.96. The summed E-state index contributed by atoms with van der Waals surface area (Å²) in [5.41, 5.74) is 5.53. The predicted molar refractivity (Wildman–Crippen MR) is 115 cm³/mol. The van der Waals surface area contributed by atoms with Crippen molar-refractivity contribution in [1.82, 2.24) is 4.57 Å². The summed E-state index contributed by atoms with van der Waals surface area (Å²) in [5.74, 6) is -0.0164. The summed E-state index contributed by atoms with van der Waals surface area (Å²) in [4.78, 5) is 12.9. The van der Waals surface area contributed by atoms with Gasteiger partial charge >= 0.3 is 0 Å². The molecule has 2 heterocycles. The number of aromatic nitrogens is 2. The van der Waals surface area contributed by atoms with Crippen molar-refractivity contribution in [1.29, 1.82) is 0 Å². The number of nitrogens with one attached hydrogen (secondary N) is 1. The van der Waals surface area contributed by atoms with E-state index in [9.17, 15) is 4.79 Å². The zero-order valence-electron chi connectivity index (χ0n) is 16.9. The lowest BCUT2D eigenvalue weighted by atomic mass is 10.1. The largest absolute Gasteiger partial charge is 0.341 e. The van der Waals surface area contributed by atoms with Crippen LogP contribution >= 0.6 is 0 Å². The van der Waals surface area contributed by atoms with Crippen LogP contribution in [0.5, 0.6) is 0 Å². The number of nitrogens with zero attached hydrogens (tertiary/aromatic N) is 2. The van der Waals surface area contributed by atoms with Gasteiger partial charge < -0.3 is 9.88 Å². The Morgan fingerprint density at radius 3 is 2.57 bits per heavy atom. The van der Waals surface area contributed by atoms with Gasteiger partial charge in [0.25, 0.3) is 5.91 Å². The van der Waals surface area contributed by atoms with Crippen LogP contribution in [0.25, 0.3) is 21.8 Å². The Kier molecular flexibility index (Phi) is 4.63. The summed E-state index contributed by atoms with van der Waals surface area (Å²) in [6.45, 7) is 9.11. The average Bonchev–Trinajstić information content (AvgIpc) is 3.02. The summed E-state index contributed by atoms with van der Waals surface area (Å²) in [6, 6.07) is 18.4. The molecule has 4 aromatic rings. The van der Waals surface area contributed by atoms with Crippen molar-refractivity contribution in [2.45, 2.75) is 40.3 Å². The molecule has 2 aromatic heterocycles. The van der Waals surface area contributed by atoms with Gasteiger partial charge in [-0.25, -0.2) is 0 Å². The molecule has 28 heavy (non-hydrogen) atoms. The van der Waals surface area contributed by atoms with E-state index in [1.54, 1.807) is 0 Å². The van der Waals surface area contributed by atoms with Crippen LogP contribution in [0.4, 0.5) is 5.69 Å². The van der Waals surface area contributed by atoms with Gasteiger partial charge in [0, 0.05) is 59.5 Å². The van der Waals surface area contributed by atoms with Gasteiger partial charge in [0.05, 0.1) is 0 Å². The van der Waals surface area contributed by atoms with Crippen molar-refractivity contribution in [2.75, 3.05) is 5.32 Å². The maximum atomic E-state index is 12.9. The van der Waals surface area contributed by atoms with E-state index in [0.717, 1.165) is 17.9 Å². The second-order valence-corrected chi connectivity index (χ2v) is 7.34. The number of hydrogen-bond donors (Lipinski definition) is 1. The van der Waals surface area contributed by atoms with Gasteiger partial charge in [-0.05, 0) is 44.2 Å². The van der Waals surface area contributed by atoms with Crippen LogP contribution in [0.15, 0.2) is 60.8 Å². The van der Waals surface area contributed by atoms with Crippen LogP contribution in [-0.4, -0.2) is 10.5 Å². The van der Waals surface area contributed by atoms with E-state index in [0.29, 0.717) is 0 Å². The van der Waals surface area contributed by atoms with Crippen LogP contribution in [0.1, 0.15) is 31.1 Å². The first-order chi connectivity index (χ1) is 13.5. The van der Waals surface area contributed by atoms with Crippen LogP contribution < -0.4 is 9.88 Å². The third-order valence-electron chi connectivity index (χ3n) is 5.70. The lowest BCUT2D eigenvalue weighted by Gasteiger charge is -2.12. The number of para-hydroxylation sites is 1. The number of pyridine rings is 1. The van der Waals surface area contributed by atoms with Crippen molar-refractivity contribution >= 4 is 33.4 Å². The molecule has 0 aliphatic rings. The van der Waals surface area contributed by atoms with Gasteiger partial charge in [-0.2, -0.15) is 4.57 Å². The first kappa shape index (κ1) is 18.2. The Morgan fingerprint density at radius 2 is 1.79 bits per heavy atom. The Labute approximate surface area is 165 Å². The summed E-state index contributed by atoms with van der Waals surface area (Å²) >= 11 is 0. The van der Waals surface area contributed by atoms with Gasteiger partial charge in [-0.3, -0.25) is 4.79 Å². The first-order valence-corrected chi connectivity index (χ1v) is 9.80. The van der Waals surface area contributed by atoms with Crippen molar-refractivity contribution in [3.8, 4) is 0 Å². The van der Waals surface area contributed by atoms with E-state index in [1.807, 2.05) is 36.7 Å². The molecule has 142 valence electrons. The van der Waals surface area contributed by atoms with Gasteiger partial charge in [0.2, 0.25) is 6.04 Å². The predicted octanol–water partition coefficient (Wildman–Crippen LogP) is 4.92. The number of hydrogen-bond acceptors (Lipinski definition) is 1. The fourth-order valence-corrected chi connectivity index (χ4v) is 3.98. The third kappa shape index (κ3) is 2.95. The second kappa shape index (κ2) is 7.12. The number of amides is 1. The normalized spacial score (nSPS) is 12.4. The number of anilines is 1. The Hall–Kier alpha value is -3.14. The smallest absolute Gasteiger partial charge is 0.293 e. The summed E-state index contributed by atoms with van der Waals surface area (Å²) in [5, 5.41) is 5.49. The number of fused-ring (bicyclic) bond motifs is 3. The molecule has 0 saturated heterocycles. The Morgan fingerprint density at radius 1 is 1.04 bits per heavy atom. The molecule has 4 heteroatoms. The van der Waals surface area contributed by atoms with Crippen LogP contribution in [-0.2, 0) is 11.3 Å². The molecule has 0 bridgehead atoms. The molecule has 2 aromatic carbocycles. The van der Waals surface area contributed by atoms with E-state index in [1.165, 1.54) is 27.4 Å². The molecule has 0 aliphatic heterocycles. The maximum absolute atomic E-state index is 12.9. The summed E-state index contributed by atoms with van der Waals surface area (Å²) in [7, 11) is 0. The molecule has 0 saturated carbocycles. The van der Waals surface area contributed by atoms with Gasteiger partial charge in [0.1, 0.15) is 0 Å². The van der Waals surface area contributed by atoms with E-state index in [2.05, 4.69) is 66.2 Å². The Balaban J connectivity index is 1.69. The van der Waals surface area contributed by atoms with Crippen molar-refractivity contribution in [2.24, 2.45) is 0 Å². The quantitative estimate of drug-likeness (QED) is 0.507.